The average molecular weight is 315 g/mol. The van der Waals surface area contributed by atoms with Gasteiger partial charge in [0.1, 0.15) is 0 Å². The molecular formula is C7H15Cl4N3O2. The monoisotopic (exact) mass is 313 g/mol. The van der Waals surface area contributed by atoms with Crippen LogP contribution < -0.4 is 20.9 Å². The predicted octanol–water partition coefficient (Wildman–Crippen LogP) is 1.95. The van der Waals surface area contributed by atoms with Gasteiger partial charge in [-0.15, -0.1) is 49.6 Å². The Kier molecular flexibility index (Phi) is 17.0. The quantitative estimate of drug-likeness (QED) is 0.871. The molecule has 5 nitrogen and oxygen atoms in total. The van der Waals surface area contributed by atoms with Gasteiger partial charge in [-0.25, -0.2) is 0 Å². The van der Waals surface area contributed by atoms with Gasteiger partial charge in [0.25, 0.3) is 0 Å². The van der Waals surface area contributed by atoms with Gasteiger partial charge in [-0.2, -0.15) is 4.98 Å². The van der Waals surface area contributed by atoms with Crippen LogP contribution in [0.25, 0.3) is 0 Å². The summed E-state index contributed by atoms with van der Waals surface area (Å²) in [5, 5.41) is 0. The lowest BCUT2D eigenvalue weighted by molar-refractivity contribution is 0.368. The third-order valence-corrected chi connectivity index (χ3v) is 1.39. The maximum atomic E-state index is 5.53. The fraction of sp³-hybridized carbons (Fsp3) is 0.286. The molecule has 98 valence electrons. The molecule has 0 aliphatic rings. The molecule has 0 aliphatic carbocycles. The average Bonchev–Trinajstić information content (AvgIpc) is 2.05. The van der Waals surface area contributed by atoms with Gasteiger partial charge in [0.15, 0.2) is 0 Å². The number of pyridine rings is 1. The summed E-state index contributed by atoms with van der Waals surface area (Å²) in [6.07, 6.45) is 0. The van der Waals surface area contributed by atoms with E-state index >= 15 is 0 Å². The summed E-state index contributed by atoms with van der Waals surface area (Å²) in [6, 6.07) is 1.55. The van der Waals surface area contributed by atoms with Crippen LogP contribution in [0.3, 0.4) is 0 Å². The lowest BCUT2D eigenvalue weighted by atomic mass is 10.3. The maximum absolute atomic E-state index is 5.53. The second kappa shape index (κ2) is 11.0. The number of rotatable bonds is 2. The van der Waals surface area contributed by atoms with E-state index in [4.69, 9.17) is 20.9 Å². The van der Waals surface area contributed by atoms with Crippen LogP contribution in [0.15, 0.2) is 6.07 Å². The van der Waals surface area contributed by atoms with Crippen LogP contribution in [0.1, 0.15) is 0 Å². The van der Waals surface area contributed by atoms with Crippen molar-refractivity contribution in [2.45, 2.75) is 0 Å². The van der Waals surface area contributed by atoms with Crippen molar-refractivity contribution in [3.05, 3.63) is 6.07 Å². The minimum atomic E-state index is 0. The molecule has 0 aromatic carbocycles. The summed E-state index contributed by atoms with van der Waals surface area (Å²) in [7, 11) is 2.96. The molecule has 0 fully saturated rings. The van der Waals surface area contributed by atoms with Crippen molar-refractivity contribution in [2.24, 2.45) is 0 Å². The summed E-state index contributed by atoms with van der Waals surface area (Å²) in [6.45, 7) is 0. The number of hydrogen-bond donors (Lipinski definition) is 2. The number of hydrogen-bond acceptors (Lipinski definition) is 5. The highest BCUT2D eigenvalue weighted by Gasteiger charge is 2.07. The van der Waals surface area contributed by atoms with E-state index in [1.807, 2.05) is 0 Å². The standard InChI is InChI=1S/C7H11N3O2.4ClH/c1-11-6-4(8)3-5(9)7(10-6)12-2;;;;/h3H,8-9H2,1-2H3;4*1H. The first kappa shape index (κ1) is 24.6. The van der Waals surface area contributed by atoms with Crippen LogP contribution in [0.5, 0.6) is 11.8 Å². The highest BCUT2D eigenvalue weighted by molar-refractivity contribution is 5.86. The number of nitrogens with two attached hydrogens (primary N) is 2. The van der Waals surface area contributed by atoms with Crippen molar-refractivity contribution in [2.75, 3.05) is 25.7 Å². The first-order valence-electron chi connectivity index (χ1n) is 3.33. The molecule has 0 saturated heterocycles. The zero-order valence-electron chi connectivity index (χ0n) is 8.63. The number of methoxy groups -OCH3 is 2. The van der Waals surface area contributed by atoms with E-state index in [0.29, 0.717) is 23.1 Å². The number of ether oxygens (including phenoxy) is 2. The van der Waals surface area contributed by atoms with Gasteiger partial charge in [-0.3, -0.25) is 0 Å². The zero-order valence-corrected chi connectivity index (χ0v) is 11.9. The van der Waals surface area contributed by atoms with E-state index in [2.05, 4.69) is 4.98 Å². The van der Waals surface area contributed by atoms with E-state index in [9.17, 15) is 0 Å². The molecule has 0 amide bonds. The molecule has 1 rings (SSSR count). The molecule has 0 aliphatic heterocycles. The molecular weight excluding hydrogens is 300 g/mol. The van der Waals surface area contributed by atoms with E-state index in [1.54, 1.807) is 6.07 Å². The van der Waals surface area contributed by atoms with Crippen LogP contribution in [0, 0.1) is 0 Å². The number of aromatic nitrogens is 1. The topological polar surface area (TPSA) is 83.4 Å². The Balaban J connectivity index is -0.000000180. The molecule has 0 saturated carbocycles. The van der Waals surface area contributed by atoms with E-state index < -0.39 is 0 Å². The Labute approximate surface area is 119 Å². The van der Waals surface area contributed by atoms with Crippen LogP contribution in [-0.2, 0) is 0 Å². The van der Waals surface area contributed by atoms with E-state index in [1.165, 1.54) is 14.2 Å². The van der Waals surface area contributed by atoms with Crippen molar-refractivity contribution in [3.63, 3.8) is 0 Å². The minimum Gasteiger partial charge on any atom is -0.479 e. The molecule has 0 spiro atoms. The van der Waals surface area contributed by atoms with Gasteiger partial charge in [-0.1, -0.05) is 0 Å². The normalized spacial score (nSPS) is 7.12. The first-order valence-corrected chi connectivity index (χ1v) is 3.33. The summed E-state index contributed by atoms with van der Waals surface area (Å²) < 4.78 is 9.74. The summed E-state index contributed by atoms with van der Waals surface area (Å²) in [5.41, 5.74) is 11.9. The Morgan fingerprint density at radius 1 is 0.875 bits per heavy atom. The molecule has 0 unspecified atom stereocenters. The number of nitrogen functional groups attached to an aromatic ring is 2. The Hall–Kier alpha value is -0.490. The van der Waals surface area contributed by atoms with Crippen molar-refractivity contribution >= 4 is 61.0 Å². The molecule has 1 aromatic heterocycles. The van der Waals surface area contributed by atoms with Gasteiger partial charge in [0, 0.05) is 0 Å². The van der Waals surface area contributed by atoms with Gasteiger partial charge in [-0.05, 0) is 6.07 Å². The van der Waals surface area contributed by atoms with Gasteiger partial charge in [0.2, 0.25) is 11.8 Å². The van der Waals surface area contributed by atoms with Crippen LogP contribution in [-0.4, -0.2) is 19.2 Å². The van der Waals surface area contributed by atoms with Crippen LogP contribution in [0.4, 0.5) is 11.4 Å². The SMILES string of the molecule is COc1nc(OC)c(N)cc1N.Cl.Cl.Cl.Cl. The molecule has 9 heteroatoms. The van der Waals surface area contributed by atoms with Crippen molar-refractivity contribution in [1.29, 1.82) is 0 Å². The molecule has 0 atom stereocenters. The van der Waals surface area contributed by atoms with Crippen molar-refractivity contribution < 1.29 is 9.47 Å². The fourth-order valence-corrected chi connectivity index (χ4v) is 0.839. The highest BCUT2D eigenvalue weighted by Crippen LogP contribution is 2.27. The Morgan fingerprint density at radius 3 is 1.44 bits per heavy atom. The third kappa shape index (κ3) is 5.55. The summed E-state index contributed by atoms with van der Waals surface area (Å²) >= 11 is 0. The molecule has 0 bridgehead atoms. The van der Waals surface area contributed by atoms with E-state index in [0.717, 1.165) is 0 Å². The minimum absolute atomic E-state index is 0. The fourth-order valence-electron chi connectivity index (χ4n) is 0.839. The molecule has 4 N–H and O–H groups in total. The summed E-state index contributed by atoms with van der Waals surface area (Å²) in [4.78, 5) is 3.91. The van der Waals surface area contributed by atoms with Crippen LogP contribution in [0.2, 0.25) is 0 Å². The van der Waals surface area contributed by atoms with E-state index in [-0.39, 0.29) is 49.6 Å². The zero-order chi connectivity index (χ0) is 9.14. The Morgan fingerprint density at radius 2 is 1.19 bits per heavy atom. The number of halogens is 4. The number of nitrogens with zero attached hydrogens (tertiary/aromatic N) is 1. The lowest BCUT2D eigenvalue weighted by Crippen LogP contribution is -2.01. The third-order valence-electron chi connectivity index (χ3n) is 1.39. The van der Waals surface area contributed by atoms with Crippen LogP contribution >= 0.6 is 49.6 Å². The molecule has 16 heavy (non-hydrogen) atoms. The Bertz CT molecular complexity index is 276. The lowest BCUT2D eigenvalue weighted by Gasteiger charge is -2.07. The highest BCUT2D eigenvalue weighted by atomic mass is 35.5. The van der Waals surface area contributed by atoms with Gasteiger partial charge >= 0.3 is 0 Å². The summed E-state index contributed by atoms with van der Waals surface area (Å²) in [5.74, 6) is 0.641. The van der Waals surface area contributed by atoms with Gasteiger partial charge < -0.3 is 20.9 Å². The first-order chi connectivity index (χ1) is 5.69. The number of anilines is 2. The molecule has 1 heterocycles. The second-order valence-electron chi connectivity index (χ2n) is 2.19. The molecule has 0 radical (unpaired) electrons. The van der Waals surface area contributed by atoms with Crippen molar-refractivity contribution in [1.82, 2.24) is 4.98 Å². The predicted molar refractivity (Wildman–Crippen MR) is 75.2 cm³/mol. The molecule has 1 aromatic rings. The second-order valence-corrected chi connectivity index (χ2v) is 2.19. The smallest absolute Gasteiger partial charge is 0.240 e. The largest absolute Gasteiger partial charge is 0.479 e. The van der Waals surface area contributed by atoms with Gasteiger partial charge in [0.05, 0.1) is 25.6 Å². The van der Waals surface area contributed by atoms with Crippen molar-refractivity contribution in [3.8, 4) is 11.8 Å². The maximum Gasteiger partial charge on any atom is 0.240 e.